The second kappa shape index (κ2) is 49.2. The van der Waals surface area contributed by atoms with Crippen LogP contribution in [0, 0.1) is 5.92 Å². The van der Waals surface area contributed by atoms with Crippen molar-refractivity contribution in [2.24, 2.45) is 5.92 Å². The third-order valence-electron chi connectivity index (χ3n) is 12.2. The van der Waals surface area contributed by atoms with Gasteiger partial charge in [0, 0.05) is 19.3 Å². The first-order valence-corrected chi connectivity index (χ1v) is 27.0. The molecule has 61 heavy (non-hydrogen) atoms. The Morgan fingerprint density at radius 2 is 0.639 bits per heavy atom. The first kappa shape index (κ1) is 59.1. The molecule has 0 heterocycles. The van der Waals surface area contributed by atoms with Gasteiger partial charge in [-0.05, 0) is 50.9 Å². The van der Waals surface area contributed by atoms with E-state index in [2.05, 4.69) is 39.8 Å². The third-order valence-corrected chi connectivity index (χ3v) is 12.2. The number of ether oxygens (including phenoxy) is 3. The van der Waals surface area contributed by atoms with Crippen molar-refractivity contribution in [1.29, 1.82) is 0 Å². The number of hydrogen-bond acceptors (Lipinski definition) is 6. The van der Waals surface area contributed by atoms with Gasteiger partial charge in [0.2, 0.25) is 0 Å². The number of carbonyl (C=O) groups excluding carboxylic acids is 3. The minimum absolute atomic E-state index is 0.0678. The molecule has 0 radical (unpaired) electrons. The van der Waals surface area contributed by atoms with Crippen molar-refractivity contribution >= 4 is 17.9 Å². The van der Waals surface area contributed by atoms with Crippen LogP contribution in [-0.4, -0.2) is 37.2 Å². The van der Waals surface area contributed by atoms with Crippen molar-refractivity contribution in [2.45, 2.75) is 303 Å². The maximum atomic E-state index is 12.8. The van der Waals surface area contributed by atoms with Crippen molar-refractivity contribution in [1.82, 2.24) is 0 Å². The average molecular weight is 861 g/mol. The Bertz CT molecular complexity index is 960. The molecule has 0 aliphatic heterocycles. The van der Waals surface area contributed by atoms with Crippen LogP contribution in [0.1, 0.15) is 297 Å². The highest BCUT2D eigenvalue weighted by Crippen LogP contribution is 2.17. The largest absolute Gasteiger partial charge is 0.462 e. The molecule has 0 rings (SSSR count). The van der Waals surface area contributed by atoms with Crippen molar-refractivity contribution < 1.29 is 28.6 Å². The van der Waals surface area contributed by atoms with E-state index in [0.29, 0.717) is 19.3 Å². The van der Waals surface area contributed by atoms with Gasteiger partial charge in [-0.15, -0.1) is 0 Å². The molecule has 6 nitrogen and oxygen atoms in total. The lowest BCUT2D eigenvalue weighted by Gasteiger charge is -2.18. The summed E-state index contributed by atoms with van der Waals surface area (Å²) < 4.78 is 16.8. The molecular weight excluding hydrogens is 757 g/mol. The molecular formula is C55H104O6. The topological polar surface area (TPSA) is 78.9 Å². The number of allylic oxidation sites excluding steroid dienone is 2. The van der Waals surface area contributed by atoms with Crippen LogP contribution in [0.4, 0.5) is 0 Å². The van der Waals surface area contributed by atoms with Gasteiger partial charge < -0.3 is 14.2 Å². The molecule has 0 unspecified atom stereocenters. The first-order valence-electron chi connectivity index (χ1n) is 27.0. The highest BCUT2D eigenvalue weighted by molar-refractivity contribution is 5.71. The lowest BCUT2D eigenvalue weighted by Crippen LogP contribution is -2.30. The molecule has 6 heteroatoms. The molecule has 0 aliphatic rings. The summed E-state index contributed by atoms with van der Waals surface area (Å²) in [5.74, 6) is -0.0224. The van der Waals surface area contributed by atoms with E-state index in [1.807, 2.05) is 0 Å². The SMILES string of the molecule is CCCCCCCC/C=C\CCCCCCCC(=O)OC[C@H](COC(=O)CCCCCCCCCCCCCC)OC(=O)CCCCCCCCCCCCCCCC(C)C. The van der Waals surface area contributed by atoms with Crippen molar-refractivity contribution in [3.05, 3.63) is 12.2 Å². The normalized spacial score (nSPS) is 12.1. The first-order chi connectivity index (χ1) is 29.9. The molecule has 1 atom stereocenters. The molecule has 0 N–H and O–H groups in total. The minimum Gasteiger partial charge on any atom is -0.462 e. The predicted octanol–water partition coefficient (Wildman–Crippen LogP) is 17.6. The molecule has 0 aliphatic carbocycles. The summed E-state index contributed by atoms with van der Waals surface area (Å²) in [5, 5.41) is 0. The van der Waals surface area contributed by atoms with Crippen LogP contribution >= 0.6 is 0 Å². The van der Waals surface area contributed by atoms with Gasteiger partial charge in [-0.1, -0.05) is 245 Å². The summed E-state index contributed by atoms with van der Waals surface area (Å²) in [6, 6.07) is 0. The van der Waals surface area contributed by atoms with Gasteiger partial charge in [0.25, 0.3) is 0 Å². The summed E-state index contributed by atoms with van der Waals surface area (Å²) in [6.07, 6.45) is 53.3. The Labute approximate surface area is 380 Å². The zero-order valence-corrected chi connectivity index (χ0v) is 41.4. The van der Waals surface area contributed by atoms with E-state index < -0.39 is 6.10 Å². The number of hydrogen-bond donors (Lipinski definition) is 0. The minimum atomic E-state index is -0.767. The van der Waals surface area contributed by atoms with E-state index in [0.717, 1.165) is 70.1 Å². The van der Waals surface area contributed by atoms with E-state index >= 15 is 0 Å². The maximum Gasteiger partial charge on any atom is 0.306 e. The van der Waals surface area contributed by atoms with Crippen LogP contribution in [-0.2, 0) is 28.6 Å². The molecule has 0 saturated heterocycles. The number of rotatable bonds is 49. The summed E-state index contributed by atoms with van der Waals surface area (Å²) in [4.78, 5) is 38.0. The van der Waals surface area contributed by atoms with Gasteiger partial charge in [-0.3, -0.25) is 14.4 Å². The Hall–Kier alpha value is -1.85. The van der Waals surface area contributed by atoms with Crippen LogP contribution in [0.5, 0.6) is 0 Å². The zero-order valence-electron chi connectivity index (χ0n) is 41.4. The Morgan fingerprint density at radius 3 is 0.967 bits per heavy atom. The smallest absolute Gasteiger partial charge is 0.306 e. The summed E-state index contributed by atoms with van der Waals surface area (Å²) in [7, 11) is 0. The monoisotopic (exact) mass is 861 g/mol. The average Bonchev–Trinajstić information content (AvgIpc) is 3.24. The molecule has 0 bridgehead atoms. The fourth-order valence-corrected chi connectivity index (χ4v) is 8.09. The summed E-state index contributed by atoms with van der Waals surface area (Å²) in [6.45, 7) is 9.02. The van der Waals surface area contributed by atoms with Gasteiger partial charge in [0.1, 0.15) is 13.2 Å². The van der Waals surface area contributed by atoms with Crippen LogP contribution in [0.15, 0.2) is 12.2 Å². The second-order valence-electron chi connectivity index (χ2n) is 19.0. The van der Waals surface area contributed by atoms with Crippen LogP contribution in [0.3, 0.4) is 0 Å². The van der Waals surface area contributed by atoms with Crippen LogP contribution < -0.4 is 0 Å². The van der Waals surface area contributed by atoms with E-state index in [1.54, 1.807) is 0 Å². The number of unbranched alkanes of at least 4 members (excludes halogenated alkanes) is 34. The maximum absolute atomic E-state index is 12.8. The lowest BCUT2D eigenvalue weighted by molar-refractivity contribution is -0.167. The number of carbonyl (C=O) groups is 3. The van der Waals surface area contributed by atoms with Crippen LogP contribution in [0.25, 0.3) is 0 Å². The predicted molar refractivity (Wildman–Crippen MR) is 261 cm³/mol. The van der Waals surface area contributed by atoms with Crippen LogP contribution in [0.2, 0.25) is 0 Å². The van der Waals surface area contributed by atoms with Gasteiger partial charge in [0.05, 0.1) is 0 Å². The van der Waals surface area contributed by atoms with Gasteiger partial charge in [-0.25, -0.2) is 0 Å². The molecule has 0 aromatic rings. The molecule has 0 aromatic heterocycles. The van der Waals surface area contributed by atoms with E-state index in [1.165, 1.54) is 186 Å². The summed E-state index contributed by atoms with van der Waals surface area (Å²) in [5.41, 5.74) is 0. The number of esters is 3. The molecule has 360 valence electrons. The molecule has 0 fully saturated rings. The fourth-order valence-electron chi connectivity index (χ4n) is 8.09. The van der Waals surface area contributed by atoms with E-state index in [4.69, 9.17) is 14.2 Å². The van der Waals surface area contributed by atoms with Gasteiger partial charge >= 0.3 is 17.9 Å². The van der Waals surface area contributed by atoms with E-state index in [9.17, 15) is 14.4 Å². The Morgan fingerprint density at radius 1 is 0.361 bits per heavy atom. The highest BCUT2D eigenvalue weighted by Gasteiger charge is 2.19. The van der Waals surface area contributed by atoms with Gasteiger partial charge in [-0.2, -0.15) is 0 Å². The zero-order chi connectivity index (χ0) is 44.5. The molecule has 0 spiro atoms. The van der Waals surface area contributed by atoms with E-state index in [-0.39, 0.29) is 31.1 Å². The standard InChI is InChI=1S/C55H104O6/c1-5-7-9-11-13-15-17-19-20-23-27-31-35-39-43-47-54(57)60-50-52(49-59-53(56)46-42-38-34-30-26-18-16-14-12-10-8-6-2)61-55(58)48-44-40-36-32-28-24-21-22-25-29-33-37-41-45-51(3)4/h19-20,51-52H,5-18,21-50H2,1-4H3/b20-19-/t52-/m0/s1. The fraction of sp³-hybridized carbons (Fsp3) is 0.909. The molecule has 0 amide bonds. The Kier molecular flexibility index (Phi) is 47.7. The highest BCUT2D eigenvalue weighted by atomic mass is 16.6. The lowest BCUT2D eigenvalue weighted by atomic mass is 10.0. The third kappa shape index (κ3) is 49.0. The Balaban J connectivity index is 4.33. The van der Waals surface area contributed by atoms with Crippen molar-refractivity contribution in [3.8, 4) is 0 Å². The second-order valence-corrected chi connectivity index (χ2v) is 19.0. The van der Waals surface area contributed by atoms with Gasteiger partial charge in [0.15, 0.2) is 6.10 Å². The molecule has 0 saturated carbocycles. The quantitative estimate of drug-likeness (QED) is 0.0262. The van der Waals surface area contributed by atoms with Crippen molar-refractivity contribution in [2.75, 3.05) is 13.2 Å². The summed E-state index contributed by atoms with van der Waals surface area (Å²) >= 11 is 0. The van der Waals surface area contributed by atoms with Crippen molar-refractivity contribution in [3.63, 3.8) is 0 Å². The molecule has 0 aromatic carbocycles.